The maximum absolute atomic E-state index is 13.0. The summed E-state index contributed by atoms with van der Waals surface area (Å²) in [6.07, 6.45) is -1.29. The normalized spacial score (nSPS) is 20.5. The first kappa shape index (κ1) is 25.9. The van der Waals surface area contributed by atoms with Crippen LogP contribution in [0.1, 0.15) is 26.1 Å². The van der Waals surface area contributed by atoms with E-state index in [0.717, 1.165) is 16.4 Å². The highest BCUT2D eigenvalue weighted by Gasteiger charge is 2.54. The van der Waals surface area contributed by atoms with Gasteiger partial charge in [0.15, 0.2) is 5.13 Å². The number of nitrogens with one attached hydrogen (secondary N) is 1. The van der Waals surface area contributed by atoms with E-state index < -0.39 is 53.0 Å². The molecule has 0 spiro atoms. The van der Waals surface area contributed by atoms with Crippen LogP contribution in [0.2, 0.25) is 0 Å². The molecule has 1 aromatic heterocycles. The number of hydrogen-bond donors (Lipinski definition) is 4. The van der Waals surface area contributed by atoms with E-state index in [9.17, 15) is 29.1 Å². The highest BCUT2D eigenvalue weighted by Crippen LogP contribution is 2.40. The van der Waals surface area contributed by atoms with Gasteiger partial charge in [0.05, 0.1) is 0 Å². The minimum absolute atomic E-state index is 0.0102. The minimum atomic E-state index is -1.38. The number of rotatable bonds is 10. The Balaban J connectivity index is 1.81. The molecule has 1 unspecified atom stereocenters. The highest BCUT2D eigenvalue weighted by atomic mass is 32.2. The third-order valence-electron chi connectivity index (χ3n) is 4.77. The number of nitrogens with two attached hydrogens (primary N) is 1. The molecule has 0 aliphatic carbocycles. The second-order valence-electron chi connectivity index (χ2n) is 7.14. The molecule has 2 amide bonds. The number of β-lactam (4-membered cyclic amide) rings is 1. The van der Waals surface area contributed by atoms with Crippen molar-refractivity contribution in [3.63, 3.8) is 0 Å². The van der Waals surface area contributed by atoms with Crippen molar-refractivity contribution in [1.82, 2.24) is 19.6 Å². The van der Waals surface area contributed by atoms with Gasteiger partial charge in [-0.2, -0.15) is 9.36 Å². The van der Waals surface area contributed by atoms with Crippen molar-refractivity contribution in [2.24, 2.45) is 5.16 Å². The Bertz CT molecular complexity index is 1130. The molecule has 1 saturated heterocycles. The summed E-state index contributed by atoms with van der Waals surface area (Å²) in [5.41, 5.74) is 4.98. The zero-order valence-corrected chi connectivity index (χ0v) is 19.9. The number of hydrogen-bond acceptors (Lipinski definition) is 13. The van der Waals surface area contributed by atoms with Gasteiger partial charge >= 0.3 is 17.9 Å². The van der Waals surface area contributed by atoms with Crippen molar-refractivity contribution < 1.29 is 43.8 Å². The van der Waals surface area contributed by atoms with Gasteiger partial charge in [-0.15, -0.1) is 11.8 Å². The molecule has 1 fully saturated rings. The van der Waals surface area contributed by atoms with Crippen LogP contribution in [-0.4, -0.2) is 89.8 Å². The van der Waals surface area contributed by atoms with Gasteiger partial charge in [0.1, 0.15) is 23.7 Å². The van der Waals surface area contributed by atoms with Gasteiger partial charge in [-0.1, -0.05) is 12.1 Å². The largest absolute Gasteiger partial charge is 0.478 e. The quantitative estimate of drug-likeness (QED) is 0.124. The van der Waals surface area contributed by atoms with Crippen LogP contribution in [0.25, 0.3) is 0 Å². The summed E-state index contributed by atoms with van der Waals surface area (Å²) in [5, 5.41) is 24.1. The number of oxime groups is 1. The minimum Gasteiger partial charge on any atom is -0.478 e. The number of amides is 2. The van der Waals surface area contributed by atoms with E-state index in [-0.39, 0.29) is 41.0 Å². The maximum Gasteiger partial charge on any atom is 0.352 e. The number of carbonyl (C=O) groups is 5. The van der Waals surface area contributed by atoms with Crippen LogP contribution in [0.5, 0.6) is 0 Å². The zero-order valence-electron chi connectivity index (χ0n) is 18.3. The molecule has 3 heterocycles. The lowest BCUT2D eigenvalue weighted by Crippen LogP contribution is -2.71. The van der Waals surface area contributed by atoms with Gasteiger partial charge in [-0.25, -0.2) is 9.59 Å². The molecule has 2 aliphatic rings. The van der Waals surface area contributed by atoms with Crippen LogP contribution in [-0.2, 0) is 33.5 Å². The van der Waals surface area contributed by atoms with E-state index in [0.29, 0.717) is 0 Å². The lowest BCUT2D eigenvalue weighted by molar-refractivity contribution is -0.151. The molecule has 0 radical (unpaired) electrons. The summed E-state index contributed by atoms with van der Waals surface area (Å²) >= 11 is 1.93. The van der Waals surface area contributed by atoms with Gasteiger partial charge in [0, 0.05) is 29.8 Å². The summed E-state index contributed by atoms with van der Waals surface area (Å²) < 4.78 is 8.75. The maximum atomic E-state index is 13.0. The molecule has 188 valence electrons. The number of carbonyl (C=O) groups excluding carboxylic acids is 3. The van der Waals surface area contributed by atoms with Gasteiger partial charge in [-0.05, 0) is 6.42 Å². The van der Waals surface area contributed by atoms with Gasteiger partial charge in [0.25, 0.3) is 11.8 Å². The first-order chi connectivity index (χ1) is 16.5. The van der Waals surface area contributed by atoms with E-state index in [1.165, 1.54) is 25.6 Å². The number of ether oxygens (including phenoxy) is 1. The molecule has 5 N–H and O–H groups in total. The van der Waals surface area contributed by atoms with E-state index >= 15 is 0 Å². The fourth-order valence-corrected chi connectivity index (χ4v) is 4.88. The lowest BCUT2D eigenvalue weighted by Gasteiger charge is -2.49. The van der Waals surface area contributed by atoms with Gasteiger partial charge in [0.2, 0.25) is 17.6 Å². The van der Waals surface area contributed by atoms with Crippen LogP contribution < -0.4 is 11.1 Å². The predicted molar refractivity (Wildman–Crippen MR) is 120 cm³/mol. The van der Waals surface area contributed by atoms with Crippen molar-refractivity contribution >= 4 is 63.9 Å². The highest BCUT2D eigenvalue weighted by molar-refractivity contribution is 8.00. The Kier molecular flexibility index (Phi) is 7.90. The number of carboxylic acid groups (broad SMARTS) is 2. The Hall–Kier alpha value is -3.73. The SMILES string of the molecule is CCC(ON=C(C(=O)N[C@@H]1C(=O)N2C(C(=O)O)=C(COC(C)=O)CS[C@H]12)c1nsc(N)n1)C(=O)O. The molecule has 0 aromatic carbocycles. The number of esters is 1. The van der Waals surface area contributed by atoms with E-state index in [1.54, 1.807) is 0 Å². The molecular formula is C18H20N6O9S2. The topological polar surface area (TPSA) is 224 Å². The summed E-state index contributed by atoms with van der Waals surface area (Å²) in [6, 6.07) is -1.13. The van der Waals surface area contributed by atoms with E-state index in [2.05, 4.69) is 19.8 Å². The number of thioether (sulfide) groups is 1. The third kappa shape index (κ3) is 5.51. The van der Waals surface area contributed by atoms with Crippen molar-refractivity contribution in [1.29, 1.82) is 0 Å². The van der Waals surface area contributed by atoms with Crippen molar-refractivity contribution in [2.45, 2.75) is 37.8 Å². The van der Waals surface area contributed by atoms with Crippen LogP contribution in [0, 0.1) is 0 Å². The van der Waals surface area contributed by atoms with Crippen LogP contribution in [0.4, 0.5) is 5.13 Å². The molecule has 15 nitrogen and oxygen atoms in total. The molecule has 3 atom stereocenters. The monoisotopic (exact) mass is 528 g/mol. The molecule has 3 rings (SSSR count). The van der Waals surface area contributed by atoms with Crippen LogP contribution >= 0.6 is 23.3 Å². The Morgan fingerprint density at radius 2 is 2.06 bits per heavy atom. The first-order valence-corrected chi connectivity index (χ1v) is 11.8. The molecule has 35 heavy (non-hydrogen) atoms. The van der Waals surface area contributed by atoms with Gasteiger partial charge < -0.3 is 30.8 Å². The van der Waals surface area contributed by atoms with E-state index in [4.69, 9.17) is 20.4 Å². The molecule has 1 aromatic rings. The zero-order chi connectivity index (χ0) is 25.9. The number of fused-ring (bicyclic) bond motifs is 1. The Morgan fingerprint density at radius 3 is 2.60 bits per heavy atom. The number of aliphatic carboxylic acids is 2. The number of nitrogen functional groups attached to an aromatic ring is 1. The second kappa shape index (κ2) is 10.7. The lowest BCUT2D eigenvalue weighted by atomic mass is 10.0. The third-order valence-corrected chi connectivity index (χ3v) is 6.65. The van der Waals surface area contributed by atoms with Crippen molar-refractivity contribution in [3.8, 4) is 0 Å². The predicted octanol–water partition coefficient (Wildman–Crippen LogP) is -0.994. The molecule has 0 bridgehead atoms. The van der Waals surface area contributed by atoms with Crippen molar-refractivity contribution in [3.05, 3.63) is 17.1 Å². The molecule has 17 heteroatoms. The van der Waals surface area contributed by atoms with Crippen LogP contribution in [0.15, 0.2) is 16.4 Å². The fourth-order valence-electron chi connectivity index (χ4n) is 3.12. The number of anilines is 1. The fraction of sp³-hybridized carbons (Fsp3) is 0.444. The standard InChI is InChI=1S/C18H20N6O9S2/c1-3-8(16(28)29)33-22-9(12-21-18(19)35-23-12)13(26)20-10-14(27)24-11(17(30)31)7(4-32-6(2)25)5-34-15(10)24/h8,10,15H,3-5H2,1-2H3,(H,20,26)(H,28,29)(H,30,31)(H2,19,21,23)/t8?,10-,15-/m1/s1. The number of nitrogens with zero attached hydrogens (tertiary/aromatic N) is 4. The van der Waals surface area contributed by atoms with Crippen molar-refractivity contribution in [2.75, 3.05) is 18.1 Å². The average Bonchev–Trinajstić information content (AvgIpc) is 3.23. The smallest absolute Gasteiger partial charge is 0.352 e. The Morgan fingerprint density at radius 1 is 1.34 bits per heavy atom. The van der Waals surface area contributed by atoms with Crippen LogP contribution in [0.3, 0.4) is 0 Å². The second-order valence-corrected chi connectivity index (χ2v) is 9.02. The molecule has 2 aliphatic heterocycles. The van der Waals surface area contributed by atoms with E-state index in [1.807, 2.05) is 0 Å². The Labute approximate surface area is 205 Å². The first-order valence-electron chi connectivity index (χ1n) is 9.95. The summed E-state index contributed by atoms with van der Waals surface area (Å²) in [6.45, 7) is 2.43. The summed E-state index contributed by atoms with van der Waals surface area (Å²) in [4.78, 5) is 69.7. The molecule has 0 saturated carbocycles. The average molecular weight is 529 g/mol. The summed E-state index contributed by atoms with van der Waals surface area (Å²) in [5.74, 6) is -5.05. The molecular weight excluding hydrogens is 508 g/mol. The summed E-state index contributed by atoms with van der Waals surface area (Å²) in [7, 11) is 0. The van der Waals surface area contributed by atoms with Gasteiger partial charge in [-0.3, -0.25) is 19.3 Å². The number of carboxylic acids is 2. The number of aromatic nitrogens is 2.